The second-order valence-corrected chi connectivity index (χ2v) is 5.85. The fraction of sp³-hybridized carbons (Fsp3) is 0.667. The topological polar surface area (TPSA) is 30.5 Å². The van der Waals surface area contributed by atoms with Crippen molar-refractivity contribution < 1.29 is 9.47 Å². The van der Waals surface area contributed by atoms with E-state index in [1.807, 2.05) is 19.9 Å². The van der Waals surface area contributed by atoms with E-state index in [1.54, 1.807) is 7.11 Å². The number of methoxy groups -OCH3 is 1. The first-order valence-corrected chi connectivity index (χ1v) is 8.08. The van der Waals surface area contributed by atoms with E-state index in [1.165, 1.54) is 5.56 Å². The summed E-state index contributed by atoms with van der Waals surface area (Å²) in [5.41, 5.74) is 1.46. The SMILES string of the molecule is CCC(CC)(CC)NCc1ccc(OC(C)C)c(OC)c1. The van der Waals surface area contributed by atoms with Gasteiger partial charge >= 0.3 is 0 Å². The van der Waals surface area contributed by atoms with Gasteiger partial charge in [0, 0.05) is 12.1 Å². The van der Waals surface area contributed by atoms with Crippen LogP contribution in [0.25, 0.3) is 0 Å². The van der Waals surface area contributed by atoms with Gasteiger partial charge in [-0.1, -0.05) is 26.8 Å². The third-order valence-electron chi connectivity index (χ3n) is 4.29. The van der Waals surface area contributed by atoms with Crippen LogP contribution in [-0.4, -0.2) is 18.8 Å². The van der Waals surface area contributed by atoms with Crippen LogP contribution in [0.4, 0.5) is 0 Å². The molecule has 0 aliphatic carbocycles. The third-order valence-corrected chi connectivity index (χ3v) is 4.29. The standard InChI is InChI=1S/C18H31NO2/c1-7-18(8-2,9-3)19-13-15-10-11-16(21-14(4)5)17(12-15)20-6/h10-12,14,19H,7-9,13H2,1-6H3. The molecule has 0 bridgehead atoms. The van der Waals surface area contributed by atoms with Crippen molar-refractivity contribution in [3.8, 4) is 11.5 Å². The van der Waals surface area contributed by atoms with E-state index in [9.17, 15) is 0 Å². The summed E-state index contributed by atoms with van der Waals surface area (Å²) in [5, 5.41) is 3.71. The molecule has 0 saturated carbocycles. The lowest BCUT2D eigenvalue weighted by Gasteiger charge is -2.32. The monoisotopic (exact) mass is 293 g/mol. The van der Waals surface area contributed by atoms with E-state index >= 15 is 0 Å². The summed E-state index contributed by atoms with van der Waals surface area (Å²) in [5.74, 6) is 1.61. The molecule has 0 fully saturated rings. The molecule has 0 atom stereocenters. The lowest BCUT2D eigenvalue weighted by Crippen LogP contribution is -2.43. The van der Waals surface area contributed by atoms with Crippen LogP contribution >= 0.6 is 0 Å². The van der Waals surface area contributed by atoms with Gasteiger partial charge in [0.1, 0.15) is 0 Å². The zero-order valence-electron chi connectivity index (χ0n) is 14.5. The highest BCUT2D eigenvalue weighted by Gasteiger charge is 2.22. The number of nitrogens with one attached hydrogen (secondary N) is 1. The van der Waals surface area contributed by atoms with Crippen LogP contribution in [0.15, 0.2) is 18.2 Å². The summed E-state index contributed by atoms with van der Waals surface area (Å²) in [6, 6.07) is 6.18. The Balaban J connectivity index is 2.81. The zero-order valence-corrected chi connectivity index (χ0v) is 14.5. The smallest absolute Gasteiger partial charge is 0.161 e. The van der Waals surface area contributed by atoms with Crippen molar-refractivity contribution in [1.82, 2.24) is 5.32 Å². The van der Waals surface area contributed by atoms with Gasteiger partial charge in [0.25, 0.3) is 0 Å². The summed E-state index contributed by atoms with van der Waals surface area (Å²) in [6.45, 7) is 11.6. The largest absolute Gasteiger partial charge is 0.493 e. The van der Waals surface area contributed by atoms with Crippen LogP contribution in [0.1, 0.15) is 59.4 Å². The van der Waals surface area contributed by atoms with Gasteiger partial charge in [0.05, 0.1) is 13.2 Å². The van der Waals surface area contributed by atoms with Crippen LogP contribution in [-0.2, 0) is 6.54 Å². The van der Waals surface area contributed by atoms with Crippen LogP contribution in [0, 0.1) is 0 Å². The van der Waals surface area contributed by atoms with Crippen molar-refractivity contribution in [2.45, 2.75) is 72.1 Å². The highest BCUT2D eigenvalue weighted by Crippen LogP contribution is 2.29. The Hall–Kier alpha value is -1.22. The van der Waals surface area contributed by atoms with Gasteiger partial charge in [0.15, 0.2) is 11.5 Å². The molecule has 1 N–H and O–H groups in total. The van der Waals surface area contributed by atoms with Crippen LogP contribution in [0.2, 0.25) is 0 Å². The van der Waals surface area contributed by atoms with Crippen LogP contribution in [0.5, 0.6) is 11.5 Å². The molecule has 1 rings (SSSR count). The normalized spacial score (nSPS) is 11.8. The molecule has 0 saturated heterocycles. The van der Waals surface area contributed by atoms with E-state index in [0.29, 0.717) is 0 Å². The second kappa shape index (κ2) is 8.28. The quantitative estimate of drug-likeness (QED) is 0.725. The fourth-order valence-electron chi connectivity index (χ4n) is 2.59. The lowest BCUT2D eigenvalue weighted by atomic mass is 9.89. The van der Waals surface area contributed by atoms with Crippen LogP contribution in [0.3, 0.4) is 0 Å². The number of hydrogen-bond donors (Lipinski definition) is 1. The number of rotatable bonds is 9. The van der Waals surface area contributed by atoms with E-state index in [0.717, 1.165) is 37.3 Å². The van der Waals surface area contributed by atoms with Gasteiger partial charge in [-0.2, -0.15) is 0 Å². The Labute approximate surface area is 130 Å². The molecule has 3 nitrogen and oxygen atoms in total. The molecule has 3 heteroatoms. The second-order valence-electron chi connectivity index (χ2n) is 5.85. The molecular weight excluding hydrogens is 262 g/mol. The minimum Gasteiger partial charge on any atom is -0.493 e. The fourth-order valence-corrected chi connectivity index (χ4v) is 2.59. The van der Waals surface area contributed by atoms with Crippen molar-refractivity contribution in [2.24, 2.45) is 0 Å². The first-order chi connectivity index (χ1) is 10.00. The van der Waals surface area contributed by atoms with Crippen molar-refractivity contribution >= 4 is 0 Å². The predicted molar refractivity (Wildman–Crippen MR) is 89.2 cm³/mol. The van der Waals surface area contributed by atoms with Gasteiger partial charge < -0.3 is 14.8 Å². The minimum atomic E-state index is 0.149. The molecule has 0 amide bonds. The van der Waals surface area contributed by atoms with Gasteiger partial charge in [-0.05, 0) is 50.8 Å². The molecule has 1 aromatic rings. The van der Waals surface area contributed by atoms with Crippen LogP contribution < -0.4 is 14.8 Å². The summed E-state index contributed by atoms with van der Waals surface area (Å²) in [6.07, 6.45) is 3.58. The molecule has 0 aromatic heterocycles. The van der Waals surface area contributed by atoms with Gasteiger partial charge in [-0.3, -0.25) is 0 Å². The highest BCUT2D eigenvalue weighted by molar-refractivity contribution is 5.43. The lowest BCUT2D eigenvalue weighted by molar-refractivity contribution is 0.230. The van der Waals surface area contributed by atoms with E-state index in [4.69, 9.17) is 9.47 Å². The molecule has 0 spiro atoms. The van der Waals surface area contributed by atoms with E-state index in [-0.39, 0.29) is 11.6 Å². The zero-order chi connectivity index (χ0) is 15.9. The molecule has 0 radical (unpaired) electrons. The summed E-state index contributed by atoms with van der Waals surface area (Å²) in [4.78, 5) is 0. The molecule has 0 unspecified atom stereocenters. The summed E-state index contributed by atoms with van der Waals surface area (Å²) >= 11 is 0. The van der Waals surface area contributed by atoms with Crippen molar-refractivity contribution in [3.05, 3.63) is 23.8 Å². The number of hydrogen-bond acceptors (Lipinski definition) is 3. The number of ether oxygens (including phenoxy) is 2. The Kier molecular flexibility index (Phi) is 7.03. The van der Waals surface area contributed by atoms with Gasteiger partial charge in [0.2, 0.25) is 0 Å². The molecule has 0 heterocycles. The Morgan fingerprint density at radius 2 is 1.67 bits per heavy atom. The first-order valence-electron chi connectivity index (χ1n) is 8.08. The molecule has 120 valence electrons. The molecule has 0 aliphatic heterocycles. The maximum absolute atomic E-state index is 5.75. The first kappa shape index (κ1) is 17.8. The molecule has 0 aliphatic rings. The minimum absolute atomic E-state index is 0.149. The summed E-state index contributed by atoms with van der Waals surface area (Å²) < 4.78 is 11.2. The average Bonchev–Trinajstić information content (AvgIpc) is 2.50. The van der Waals surface area contributed by atoms with E-state index in [2.05, 4.69) is 38.2 Å². The van der Waals surface area contributed by atoms with Gasteiger partial charge in [-0.15, -0.1) is 0 Å². The number of benzene rings is 1. The molecule has 1 aromatic carbocycles. The van der Waals surface area contributed by atoms with Gasteiger partial charge in [-0.25, -0.2) is 0 Å². The Bertz CT molecular complexity index is 417. The maximum atomic E-state index is 5.75. The average molecular weight is 293 g/mol. The Morgan fingerprint density at radius 1 is 1.05 bits per heavy atom. The highest BCUT2D eigenvalue weighted by atomic mass is 16.5. The van der Waals surface area contributed by atoms with Crippen molar-refractivity contribution in [1.29, 1.82) is 0 Å². The predicted octanol–water partition coefficient (Wildman–Crippen LogP) is 4.54. The maximum Gasteiger partial charge on any atom is 0.161 e. The molecular formula is C18H31NO2. The third kappa shape index (κ3) is 4.92. The van der Waals surface area contributed by atoms with Crippen molar-refractivity contribution in [2.75, 3.05) is 7.11 Å². The van der Waals surface area contributed by atoms with Crippen molar-refractivity contribution in [3.63, 3.8) is 0 Å². The Morgan fingerprint density at radius 3 is 2.14 bits per heavy atom. The summed E-state index contributed by atoms with van der Waals surface area (Å²) in [7, 11) is 1.69. The van der Waals surface area contributed by atoms with E-state index < -0.39 is 0 Å². The molecule has 21 heavy (non-hydrogen) atoms.